The molecule has 0 bridgehead atoms. The predicted octanol–water partition coefficient (Wildman–Crippen LogP) is 4.87. The number of aromatic nitrogens is 2. The number of benzene rings is 2. The molecule has 1 aliphatic heterocycles. The number of amides is 1. The van der Waals surface area contributed by atoms with Gasteiger partial charge in [-0.1, -0.05) is 31.0 Å². The average molecular weight is 540 g/mol. The number of piperidine rings is 1. The van der Waals surface area contributed by atoms with Crippen molar-refractivity contribution in [3.8, 4) is 11.5 Å². The zero-order valence-electron chi connectivity index (χ0n) is 22.4. The topological polar surface area (TPSA) is 90.7 Å². The maximum Gasteiger partial charge on any atom is 0.253 e. The molecule has 1 fully saturated rings. The lowest BCUT2D eigenvalue weighted by Crippen LogP contribution is -2.38. The Morgan fingerprint density at radius 1 is 1.08 bits per heavy atom. The third-order valence-corrected chi connectivity index (χ3v) is 8.75. The molecule has 2 aromatic carbocycles. The Morgan fingerprint density at radius 3 is 2.50 bits per heavy atom. The first-order valence-electron chi connectivity index (χ1n) is 13.2. The molecule has 0 spiro atoms. The quantitative estimate of drug-likeness (QED) is 0.323. The SMILES string of the molecule is CCCCOc1cc(C(=O)N2CCC(c3nccn3CCS(=O)(=O)c3ccc(C)cc3)CC2)ccc1OC. The normalized spacial score (nSPS) is 14.4. The summed E-state index contributed by atoms with van der Waals surface area (Å²) < 4.78 is 38.8. The molecule has 8 nitrogen and oxygen atoms in total. The van der Waals surface area contributed by atoms with Crippen LogP contribution >= 0.6 is 0 Å². The summed E-state index contributed by atoms with van der Waals surface area (Å²) in [6, 6.07) is 12.3. The zero-order chi connectivity index (χ0) is 27.1. The van der Waals surface area contributed by atoms with Crippen LogP contribution in [0.25, 0.3) is 0 Å². The maximum atomic E-state index is 13.3. The fraction of sp³-hybridized carbons (Fsp3) is 0.448. The van der Waals surface area contributed by atoms with E-state index in [4.69, 9.17) is 9.47 Å². The molecule has 38 heavy (non-hydrogen) atoms. The van der Waals surface area contributed by atoms with Gasteiger partial charge < -0.3 is 18.9 Å². The van der Waals surface area contributed by atoms with Crippen LogP contribution in [0.3, 0.4) is 0 Å². The number of sulfone groups is 1. The Hall–Kier alpha value is -3.33. The molecule has 1 aromatic heterocycles. The lowest BCUT2D eigenvalue weighted by Gasteiger charge is -2.32. The van der Waals surface area contributed by atoms with Crippen LogP contribution in [-0.2, 0) is 16.4 Å². The fourth-order valence-electron chi connectivity index (χ4n) is 4.72. The standard InChI is InChI=1S/C29H37N3O5S/c1-4-5-19-37-27-21-24(8-11-26(27)36-3)29(33)32-15-12-23(13-16-32)28-30-14-17-31(28)18-20-38(34,35)25-9-6-22(2)7-10-25/h6-11,14,17,21,23H,4-5,12-13,15-16,18-20H2,1-3H3. The summed E-state index contributed by atoms with van der Waals surface area (Å²) in [5.41, 5.74) is 1.61. The van der Waals surface area contributed by atoms with E-state index in [-0.39, 0.29) is 17.6 Å². The highest BCUT2D eigenvalue weighted by molar-refractivity contribution is 7.91. The number of unbranched alkanes of at least 4 members (excludes halogenated alkanes) is 1. The number of carbonyl (C=O) groups is 1. The van der Waals surface area contributed by atoms with Crippen LogP contribution in [0.5, 0.6) is 11.5 Å². The van der Waals surface area contributed by atoms with Crippen molar-refractivity contribution >= 4 is 15.7 Å². The molecule has 1 aliphatic rings. The summed E-state index contributed by atoms with van der Waals surface area (Å²) in [5, 5.41) is 0. The summed E-state index contributed by atoms with van der Waals surface area (Å²) in [7, 11) is -1.79. The van der Waals surface area contributed by atoms with Crippen molar-refractivity contribution in [1.82, 2.24) is 14.5 Å². The molecule has 1 saturated heterocycles. The molecule has 0 saturated carbocycles. The largest absolute Gasteiger partial charge is 0.493 e. The Morgan fingerprint density at radius 2 is 1.82 bits per heavy atom. The third kappa shape index (κ3) is 6.56. The van der Waals surface area contributed by atoms with E-state index in [1.807, 2.05) is 34.7 Å². The van der Waals surface area contributed by atoms with Crippen molar-refractivity contribution in [1.29, 1.82) is 0 Å². The third-order valence-electron chi connectivity index (χ3n) is 7.04. The lowest BCUT2D eigenvalue weighted by atomic mass is 9.95. The van der Waals surface area contributed by atoms with Crippen molar-refractivity contribution in [2.75, 3.05) is 32.6 Å². The summed E-state index contributed by atoms with van der Waals surface area (Å²) in [6.45, 7) is 6.17. The Balaban J connectivity index is 1.36. The molecule has 0 atom stereocenters. The highest BCUT2D eigenvalue weighted by atomic mass is 32.2. The molecule has 4 rings (SSSR count). The molecule has 2 heterocycles. The van der Waals surface area contributed by atoms with Gasteiger partial charge in [-0.2, -0.15) is 0 Å². The molecule has 0 aliphatic carbocycles. The van der Waals surface area contributed by atoms with Crippen LogP contribution in [0.2, 0.25) is 0 Å². The number of nitrogens with zero attached hydrogens (tertiary/aromatic N) is 3. The smallest absolute Gasteiger partial charge is 0.253 e. The van der Waals surface area contributed by atoms with E-state index in [0.29, 0.717) is 48.2 Å². The van der Waals surface area contributed by atoms with Gasteiger partial charge in [0.05, 0.1) is 24.4 Å². The van der Waals surface area contributed by atoms with Gasteiger partial charge in [0.25, 0.3) is 5.91 Å². The van der Waals surface area contributed by atoms with Crippen LogP contribution in [0, 0.1) is 6.92 Å². The first kappa shape index (κ1) is 27.7. The molecule has 3 aromatic rings. The number of likely N-dealkylation sites (tertiary alicyclic amines) is 1. The van der Waals surface area contributed by atoms with Crippen LogP contribution in [0.4, 0.5) is 0 Å². The first-order chi connectivity index (χ1) is 18.3. The molecule has 0 unspecified atom stereocenters. The minimum absolute atomic E-state index is 0.0108. The Kier molecular flexibility index (Phi) is 9.09. The van der Waals surface area contributed by atoms with Gasteiger partial charge >= 0.3 is 0 Å². The number of aryl methyl sites for hydroxylation is 2. The lowest BCUT2D eigenvalue weighted by molar-refractivity contribution is 0.0709. The maximum absolute atomic E-state index is 13.3. The number of hydrogen-bond acceptors (Lipinski definition) is 6. The van der Waals surface area contributed by atoms with Gasteiger partial charge in [0, 0.05) is 43.5 Å². The van der Waals surface area contributed by atoms with E-state index in [1.165, 1.54) is 0 Å². The summed E-state index contributed by atoms with van der Waals surface area (Å²) in [5.74, 6) is 2.24. The van der Waals surface area contributed by atoms with Crippen LogP contribution in [0.1, 0.15) is 60.3 Å². The minimum Gasteiger partial charge on any atom is -0.493 e. The monoisotopic (exact) mass is 539 g/mol. The summed E-state index contributed by atoms with van der Waals surface area (Å²) in [6.07, 6.45) is 7.06. The van der Waals surface area contributed by atoms with Crippen molar-refractivity contribution in [2.24, 2.45) is 0 Å². The number of rotatable bonds is 11. The van der Waals surface area contributed by atoms with Gasteiger partial charge in [-0.15, -0.1) is 0 Å². The van der Waals surface area contributed by atoms with Crippen LogP contribution in [-0.4, -0.2) is 61.3 Å². The second-order valence-corrected chi connectivity index (χ2v) is 11.9. The van der Waals surface area contributed by atoms with E-state index in [1.54, 1.807) is 43.6 Å². The minimum atomic E-state index is -3.39. The predicted molar refractivity (Wildman–Crippen MR) is 147 cm³/mol. The Bertz CT molecular complexity index is 1330. The van der Waals surface area contributed by atoms with Gasteiger partial charge in [0.15, 0.2) is 21.3 Å². The zero-order valence-corrected chi connectivity index (χ0v) is 23.2. The van der Waals surface area contributed by atoms with Gasteiger partial charge in [0.1, 0.15) is 5.82 Å². The van der Waals surface area contributed by atoms with Crippen molar-refractivity contribution < 1.29 is 22.7 Å². The number of carbonyl (C=O) groups excluding carboxylic acids is 1. The van der Waals surface area contributed by atoms with E-state index in [0.717, 1.165) is 37.1 Å². The number of methoxy groups -OCH3 is 1. The second-order valence-electron chi connectivity index (χ2n) is 9.74. The molecule has 9 heteroatoms. The van der Waals surface area contributed by atoms with Gasteiger partial charge in [-0.25, -0.2) is 13.4 Å². The van der Waals surface area contributed by atoms with Crippen LogP contribution in [0.15, 0.2) is 59.8 Å². The molecule has 0 N–H and O–H groups in total. The highest BCUT2D eigenvalue weighted by Gasteiger charge is 2.28. The van der Waals surface area contributed by atoms with E-state index in [2.05, 4.69) is 11.9 Å². The van der Waals surface area contributed by atoms with E-state index >= 15 is 0 Å². The first-order valence-corrected chi connectivity index (χ1v) is 14.9. The van der Waals surface area contributed by atoms with Crippen molar-refractivity contribution in [2.45, 2.75) is 56.9 Å². The Labute approximate surface area is 225 Å². The number of ether oxygens (including phenoxy) is 2. The summed E-state index contributed by atoms with van der Waals surface area (Å²) in [4.78, 5) is 20.0. The van der Waals surface area contributed by atoms with Gasteiger partial charge in [-0.05, 0) is 56.5 Å². The number of hydrogen-bond donors (Lipinski definition) is 0. The van der Waals surface area contributed by atoms with Gasteiger partial charge in [-0.3, -0.25) is 4.79 Å². The fourth-order valence-corrected chi connectivity index (χ4v) is 5.95. The molecule has 204 valence electrons. The molecular formula is C29H37N3O5S. The van der Waals surface area contributed by atoms with Gasteiger partial charge in [0.2, 0.25) is 0 Å². The van der Waals surface area contributed by atoms with E-state index in [9.17, 15) is 13.2 Å². The summed E-state index contributed by atoms with van der Waals surface area (Å²) >= 11 is 0. The van der Waals surface area contributed by atoms with Crippen LogP contribution < -0.4 is 9.47 Å². The van der Waals surface area contributed by atoms with Crippen molar-refractivity contribution in [3.63, 3.8) is 0 Å². The molecule has 1 amide bonds. The molecule has 0 radical (unpaired) electrons. The van der Waals surface area contributed by atoms with E-state index < -0.39 is 9.84 Å². The average Bonchev–Trinajstić information content (AvgIpc) is 3.41. The number of imidazole rings is 1. The van der Waals surface area contributed by atoms with Crippen molar-refractivity contribution in [3.05, 3.63) is 71.8 Å². The molecular weight excluding hydrogens is 502 g/mol. The second kappa shape index (κ2) is 12.5. The highest BCUT2D eigenvalue weighted by Crippen LogP contribution is 2.31.